The van der Waals surface area contributed by atoms with Crippen LogP contribution in [0.5, 0.6) is 17.4 Å². The molecule has 208 valence electrons. The molecule has 1 aromatic heterocycles. The topological polar surface area (TPSA) is 63.2 Å². The number of hydrogen-bond donors (Lipinski definition) is 0. The summed E-state index contributed by atoms with van der Waals surface area (Å²) in [5.41, 5.74) is 3.70. The largest absolute Gasteiger partial charge is 0.495 e. The minimum Gasteiger partial charge on any atom is -0.495 e. The highest BCUT2D eigenvalue weighted by Crippen LogP contribution is 2.39. The normalized spacial score (nSPS) is 16.1. The van der Waals surface area contributed by atoms with Gasteiger partial charge in [0.2, 0.25) is 11.8 Å². The lowest BCUT2D eigenvalue weighted by Crippen LogP contribution is -2.37. The van der Waals surface area contributed by atoms with Gasteiger partial charge in [0.1, 0.15) is 11.5 Å². The van der Waals surface area contributed by atoms with Crippen molar-refractivity contribution < 1.29 is 14.2 Å². The van der Waals surface area contributed by atoms with Crippen LogP contribution in [-0.2, 0) is 10.2 Å². The van der Waals surface area contributed by atoms with Gasteiger partial charge in [0, 0.05) is 54.9 Å². The Morgan fingerprint density at radius 1 is 0.775 bits per heavy atom. The van der Waals surface area contributed by atoms with Crippen molar-refractivity contribution in [1.82, 2.24) is 9.97 Å². The standard InChI is InChI=1S/C32H37N5O3/c1-32(2,3)23-9-11-29(38-4)27(21-23)37-16-15-36(22-37)26-10-12-28(25-8-6-5-7-24(25)26)40-30-13-14-33-31(34-30)35-17-19-39-20-18-35/h5-14,21H,15-20,22H2,1-4H3. The maximum absolute atomic E-state index is 6.35. The molecule has 0 N–H and O–H groups in total. The number of aromatic nitrogens is 2. The zero-order chi connectivity index (χ0) is 27.7. The van der Waals surface area contributed by atoms with E-state index in [0.29, 0.717) is 25.0 Å². The molecule has 0 atom stereocenters. The van der Waals surface area contributed by atoms with E-state index in [1.807, 2.05) is 6.07 Å². The molecule has 0 spiro atoms. The van der Waals surface area contributed by atoms with Crippen molar-refractivity contribution >= 4 is 28.1 Å². The summed E-state index contributed by atoms with van der Waals surface area (Å²) in [6.07, 6.45) is 1.76. The third kappa shape index (κ3) is 5.23. The van der Waals surface area contributed by atoms with Crippen molar-refractivity contribution in [2.24, 2.45) is 0 Å². The number of rotatable bonds is 6. The second-order valence-corrected chi connectivity index (χ2v) is 11.3. The number of nitrogens with zero attached hydrogens (tertiary/aromatic N) is 5. The number of hydrogen-bond acceptors (Lipinski definition) is 8. The minimum absolute atomic E-state index is 0.0685. The Balaban J connectivity index is 1.26. The maximum atomic E-state index is 6.35. The quantitative estimate of drug-likeness (QED) is 0.303. The van der Waals surface area contributed by atoms with Crippen molar-refractivity contribution in [1.29, 1.82) is 0 Å². The molecule has 0 amide bonds. The maximum Gasteiger partial charge on any atom is 0.228 e. The molecule has 2 aliphatic rings. The molecule has 2 aliphatic heterocycles. The summed E-state index contributed by atoms with van der Waals surface area (Å²) in [7, 11) is 1.75. The van der Waals surface area contributed by atoms with E-state index in [0.717, 1.165) is 60.8 Å². The lowest BCUT2D eigenvalue weighted by Gasteiger charge is -2.27. The van der Waals surface area contributed by atoms with Crippen LogP contribution < -0.4 is 24.2 Å². The van der Waals surface area contributed by atoms with E-state index in [2.05, 4.69) is 95.1 Å². The van der Waals surface area contributed by atoms with Crippen molar-refractivity contribution in [3.63, 3.8) is 0 Å². The summed E-state index contributed by atoms with van der Waals surface area (Å²) in [6, 6.07) is 21.0. The number of methoxy groups -OCH3 is 1. The van der Waals surface area contributed by atoms with E-state index in [1.54, 1.807) is 13.3 Å². The van der Waals surface area contributed by atoms with E-state index < -0.39 is 0 Å². The minimum atomic E-state index is 0.0685. The van der Waals surface area contributed by atoms with Gasteiger partial charge in [0.25, 0.3) is 0 Å². The number of benzene rings is 3. The Hall–Kier alpha value is -4.04. The van der Waals surface area contributed by atoms with Gasteiger partial charge in [-0.25, -0.2) is 4.98 Å². The van der Waals surface area contributed by atoms with Crippen LogP contribution in [0.1, 0.15) is 26.3 Å². The van der Waals surface area contributed by atoms with Gasteiger partial charge in [0.05, 0.1) is 32.7 Å². The average Bonchev–Trinajstić information content (AvgIpc) is 3.47. The van der Waals surface area contributed by atoms with Crippen molar-refractivity contribution in [2.75, 3.05) is 67.9 Å². The molecule has 0 aliphatic carbocycles. The zero-order valence-electron chi connectivity index (χ0n) is 23.8. The molecule has 0 unspecified atom stereocenters. The van der Waals surface area contributed by atoms with Crippen molar-refractivity contribution in [2.45, 2.75) is 26.2 Å². The van der Waals surface area contributed by atoms with Crippen LogP contribution in [0, 0.1) is 0 Å². The first-order chi connectivity index (χ1) is 19.4. The van der Waals surface area contributed by atoms with Crippen LogP contribution in [-0.4, -0.2) is 63.1 Å². The van der Waals surface area contributed by atoms with Crippen molar-refractivity contribution in [3.8, 4) is 17.4 Å². The fourth-order valence-corrected chi connectivity index (χ4v) is 5.42. The second-order valence-electron chi connectivity index (χ2n) is 11.3. The Kier molecular flexibility index (Phi) is 7.11. The number of anilines is 3. The van der Waals surface area contributed by atoms with E-state index in [4.69, 9.17) is 19.2 Å². The second kappa shape index (κ2) is 10.8. The summed E-state index contributed by atoms with van der Waals surface area (Å²) in [6.45, 7) is 12.3. The molecule has 8 heteroatoms. The summed E-state index contributed by atoms with van der Waals surface area (Å²) < 4.78 is 17.6. The van der Waals surface area contributed by atoms with Gasteiger partial charge in [-0.05, 0) is 35.2 Å². The third-order valence-corrected chi connectivity index (χ3v) is 7.69. The molecular formula is C32H37N5O3. The van der Waals surface area contributed by atoms with Crippen LogP contribution in [0.15, 0.2) is 66.9 Å². The molecule has 3 aromatic carbocycles. The van der Waals surface area contributed by atoms with Gasteiger partial charge >= 0.3 is 0 Å². The van der Waals surface area contributed by atoms with Crippen LogP contribution >= 0.6 is 0 Å². The average molecular weight is 540 g/mol. The van der Waals surface area contributed by atoms with E-state index in [9.17, 15) is 0 Å². The number of fused-ring (bicyclic) bond motifs is 1. The highest BCUT2D eigenvalue weighted by Gasteiger charge is 2.26. The number of ether oxygens (including phenoxy) is 3. The molecule has 40 heavy (non-hydrogen) atoms. The van der Waals surface area contributed by atoms with E-state index in [1.165, 1.54) is 11.3 Å². The van der Waals surface area contributed by atoms with Crippen LogP contribution in [0.25, 0.3) is 10.8 Å². The van der Waals surface area contributed by atoms with Gasteiger partial charge in [-0.2, -0.15) is 4.98 Å². The first-order valence-electron chi connectivity index (χ1n) is 13.9. The summed E-state index contributed by atoms with van der Waals surface area (Å²) in [5.74, 6) is 2.89. The van der Waals surface area contributed by atoms with Crippen molar-refractivity contribution in [3.05, 3.63) is 72.4 Å². The highest BCUT2D eigenvalue weighted by atomic mass is 16.5. The molecule has 6 rings (SSSR count). The Labute approximate surface area is 236 Å². The number of morpholine rings is 1. The molecule has 0 bridgehead atoms. The Morgan fingerprint density at radius 3 is 2.25 bits per heavy atom. The summed E-state index contributed by atoms with van der Waals surface area (Å²) in [4.78, 5) is 16.1. The zero-order valence-corrected chi connectivity index (χ0v) is 23.8. The van der Waals surface area contributed by atoms with Gasteiger partial charge in [-0.1, -0.05) is 51.1 Å². The summed E-state index contributed by atoms with van der Waals surface area (Å²) >= 11 is 0. The third-order valence-electron chi connectivity index (χ3n) is 7.69. The lowest BCUT2D eigenvalue weighted by atomic mass is 9.86. The Morgan fingerprint density at radius 2 is 1.50 bits per heavy atom. The van der Waals surface area contributed by atoms with Gasteiger partial charge in [0.15, 0.2) is 0 Å². The smallest absolute Gasteiger partial charge is 0.228 e. The molecule has 0 radical (unpaired) electrons. The van der Waals surface area contributed by atoms with Gasteiger partial charge in [-0.15, -0.1) is 0 Å². The fraction of sp³-hybridized carbons (Fsp3) is 0.375. The predicted molar refractivity (Wildman–Crippen MR) is 160 cm³/mol. The molecule has 8 nitrogen and oxygen atoms in total. The van der Waals surface area contributed by atoms with E-state index >= 15 is 0 Å². The lowest BCUT2D eigenvalue weighted by molar-refractivity contribution is 0.122. The highest BCUT2D eigenvalue weighted by molar-refractivity contribution is 5.98. The molecule has 3 heterocycles. The molecule has 4 aromatic rings. The molecule has 2 saturated heterocycles. The SMILES string of the molecule is COc1ccc(C(C)(C)C)cc1N1CCN(c2ccc(Oc3ccnc(N4CCOCC4)n3)c3ccccc23)C1. The van der Waals surface area contributed by atoms with Crippen LogP contribution in [0.4, 0.5) is 17.3 Å². The van der Waals surface area contributed by atoms with Gasteiger partial charge < -0.3 is 28.9 Å². The Bertz CT molecular complexity index is 1500. The fourth-order valence-electron chi connectivity index (χ4n) is 5.42. The van der Waals surface area contributed by atoms with Crippen LogP contribution in [0.3, 0.4) is 0 Å². The van der Waals surface area contributed by atoms with Gasteiger partial charge in [-0.3, -0.25) is 0 Å². The monoisotopic (exact) mass is 539 g/mol. The van der Waals surface area contributed by atoms with Crippen LogP contribution in [0.2, 0.25) is 0 Å². The molecule has 0 saturated carbocycles. The molecular weight excluding hydrogens is 502 g/mol. The first kappa shape index (κ1) is 26.2. The predicted octanol–water partition coefficient (Wildman–Crippen LogP) is 5.85. The molecule has 2 fully saturated rings. The first-order valence-corrected chi connectivity index (χ1v) is 13.9. The van der Waals surface area contributed by atoms with E-state index in [-0.39, 0.29) is 5.41 Å². The summed E-state index contributed by atoms with van der Waals surface area (Å²) in [5, 5.41) is 2.21.